The number of amides is 2. The lowest BCUT2D eigenvalue weighted by atomic mass is 9.94. The fourth-order valence-corrected chi connectivity index (χ4v) is 4.79. The zero-order valence-electron chi connectivity index (χ0n) is 20.9. The van der Waals surface area contributed by atoms with Crippen molar-refractivity contribution in [2.24, 2.45) is 0 Å². The Bertz CT molecular complexity index is 1040. The van der Waals surface area contributed by atoms with Crippen molar-refractivity contribution in [3.63, 3.8) is 0 Å². The van der Waals surface area contributed by atoms with Crippen LogP contribution in [-0.4, -0.2) is 82.4 Å². The Kier molecular flexibility index (Phi) is 8.20. The zero-order valence-corrected chi connectivity index (χ0v) is 20.9. The van der Waals surface area contributed by atoms with Crippen molar-refractivity contribution in [2.45, 2.75) is 39.9 Å². The zero-order chi connectivity index (χ0) is 24.8. The standard InChI is InChI=1S/C26H36N6O3/c1-4-31-18-20(16-27-31)17-29-12-14-30(15-13-29)19-22-23(25(33)35-6-3)24(21-10-8-7-9-11-21)28-26(34)32(22)5-2/h7-11,16,18,24H,4-6,12-15,17,19H2,1-3H3,(H,28,34)/t24-/m1/s1. The number of carbonyl (C=O) groups excluding carboxylic acids is 2. The van der Waals surface area contributed by atoms with Gasteiger partial charge in [0, 0.05) is 69.8 Å². The molecule has 4 rings (SSSR count). The predicted molar refractivity (Wildman–Crippen MR) is 133 cm³/mol. The first-order valence-corrected chi connectivity index (χ1v) is 12.5. The van der Waals surface area contributed by atoms with Gasteiger partial charge in [-0.1, -0.05) is 30.3 Å². The van der Waals surface area contributed by atoms with Crippen molar-refractivity contribution in [1.29, 1.82) is 0 Å². The van der Waals surface area contributed by atoms with Crippen LogP contribution in [0.25, 0.3) is 0 Å². The van der Waals surface area contributed by atoms with Crippen molar-refractivity contribution in [3.8, 4) is 0 Å². The van der Waals surface area contributed by atoms with Gasteiger partial charge >= 0.3 is 12.0 Å². The molecule has 0 bridgehead atoms. The van der Waals surface area contributed by atoms with E-state index < -0.39 is 6.04 Å². The van der Waals surface area contributed by atoms with E-state index in [2.05, 4.69) is 33.3 Å². The topological polar surface area (TPSA) is 82.9 Å². The van der Waals surface area contributed by atoms with Gasteiger partial charge in [0.15, 0.2) is 0 Å². The summed E-state index contributed by atoms with van der Waals surface area (Å²) in [4.78, 5) is 32.7. The third kappa shape index (κ3) is 5.74. The van der Waals surface area contributed by atoms with Crippen LogP contribution in [0.2, 0.25) is 0 Å². The number of rotatable bonds is 9. The maximum atomic E-state index is 13.2. The summed E-state index contributed by atoms with van der Waals surface area (Å²) in [5, 5.41) is 7.40. The van der Waals surface area contributed by atoms with E-state index in [4.69, 9.17) is 4.74 Å². The molecule has 2 aromatic rings. The molecule has 2 aliphatic heterocycles. The molecule has 9 heteroatoms. The molecule has 1 saturated heterocycles. The van der Waals surface area contributed by atoms with Gasteiger partial charge in [-0.15, -0.1) is 0 Å². The first-order chi connectivity index (χ1) is 17.0. The molecule has 1 aromatic carbocycles. The summed E-state index contributed by atoms with van der Waals surface area (Å²) in [6.45, 7) is 12.4. The molecule has 0 saturated carbocycles. The molecule has 2 amide bonds. The average molecular weight is 481 g/mol. The van der Waals surface area contributed by atoms with E-state index in [1.54, 1.807) is 11.8 Å². The number of aromatic nitrogens is 2. The Labute approximate surface area is 207 Å². The molecule has 0 aliphatic carbocycles. The predicted octanol–water partition coefficient (Wildman–Crippen LogP) is 2.62. The number of ether oxygens (including phenoxy) is 1. The SMILES string of the molecule is CCOC(=O)C1=C(CN2CCN(Cc3cnn(CC)c3)CC2)N(CC)C(=O)N[C@@H]1c1ccccc1. The van der Waals surface area contributed by atoms with Gasteiger partial charge in [0.2, 0.25) is 0 Å². The molecule has 0 radical (unpaired) electrons. The average Bonchev–Trinajstić information content (AvgIpc) is 3.33. The molecule has 35 heavy (non-hydrogen) atoms. The maximum absolute atomic E-state index is 13.2. The van der Waals surface area contributed by atoms with Crippen LogP contribution >= 0.6 is 0 Å². The molecule has 188 valence electrons. The van der Waals surface area contributed by atoms with Crippen LogP contribution < -0.4 is 5.32 Å². The van der Waals surface area contributed by atoms with Crippen LogP contribution in [0.15, 0.2) is 54.0 Å². The first kappa shape index (κ1) is 24.9. The van der Waals surface area contributed by atoms with E-state index in [-0.39, 0.29) is 18.6 Å². The van der Waals surface area contributed by atoms with Crippen LogP contribution in [0, 0.1) is 0 Å². The van der Waals surface area contributed by atoms with Gasteiger partial charge in [0.25, 0.3) is 0 Å². The van der Waals surface area contributed by atoms with E-state index in [1.807, 2.05) is 48.1 Å². The lowest BCUT2D eigenvalue weighted by molar-refractivity contribution is -0.139. The minimum absolute atomic E-state index is 0.184. The quantitative estimate of drug-likeness (QED) is 0.556. The molecular weight excluding hydrogens is 444 g/mol. The number of urea groups is 1. The number of hydrogen-bond acceptors (Lipinski definition) is 6. The fraction of sp³-hybridized carbons (Fsp3) is 0.500. The number of aryl methyl sites for hydroxylation is 1. The Hall–Kier alpha value is -3.17. The fourth-order valence-electron chi connectivity index (χ4n) is 4.79. The molecule has 3 heterocycles. The first-order valence-electron chi connectivity index (χ1n) is 12.5. The van der Waals surface area contributed by atoms with Crippen LogP contribution in [0.4, 0.5) is 4.79 Å². The molecule has 0 spiro atoms. The Balaban J connectivity index is 1.54. The van der Waals surface area contributed by atoms with Gasteiger partial charge in [0.05, 0.1) is 24.4 Å². The summed E-state index contributed by atoms with van der Waals surface area (Å²) in [6.07, 6.45) is 4.04. The number of likely N-dealkylation sites (N-methyl/N-ethyl adjacent to an activating group) is 1. The Morgan fingerprint density at radius 2 is 1.71 bits per heavy atom. The van der Waals surface area contributed by atoms with Crippen molar-refractivity contribution in [1.82, 2.24) is 29.8 Å². The molecular formula is C26H36N6O3. The van der Waals surface area contributed by atoms with Crippen molar-refractivity contribution in [2.75, 3.05) is 45.9 Å². The highest BCUT2D eigenvalue weighted by molar-refractivity contribution is 5.95. The second-order valence-electron chi connectivity index (χ2n) is 8.87. The van der Waals surface area contributed by atoms with Gasteiger partial charge in [-0.2, -0.15) is 5.10 Å². The number of carbonyl (C=O) groups is 2. The molecule has 9 nitrogen and oxygen atoms in total. The van der Waals surface area contributed by atoms with Gasteiger partial charge in [-0.25, -0.2) is 9.59 Å². The van der Waals surface area contributed by atoms with Crippen molar-refractivity contribution in [3.05, 3.63) is 65.1 Å². The summed E-state index contributed by atoms with van der Waals surface area (Å²) >= 11 is 0. The second-order valence-corrected chi connectivity index (χ2v) is 8.87. The van der Waals surface area contributed by atoms with Crippen LogP contribution in [0.1, 0.15) is 37.9 Å². The number of benzene rings is 1. The Morgan fingerprint density at radius 1 is 1.03 bits per heavy atom. The monoisotopic (exact) mass is 480 g/mol. The van der Waals surface area contributed by atoms with Gasteiger partial charge in [-0.3, -0.25) is 19.4 Å². The minimum atomic E-state index is -0.531. The van der Waals surface area contributed by atoms with E-state index in [1.165, 1.54) is 5.56 Å². The summed E-state index contributed by atoms with van der Waals surface area (Å²) in [6, 6.07) is 8.91. The summed E-state index contributed by atoms with van der Waals surface area (Å²) in [7, 11) is 0. The summed E-state index contributed by atoms with van der Waals surface area (Å²) in [5.74, 6) is -0.374. The number of nitrogens with zero attached hydrogens (tertiary/aromatic N) is 5. The van der Waals surface area contributed by atoms with Crippen LogP contribution in [0.3, 0.4) is 0 Å². The number of piperazine rings is 1. The smallest absolute Gasteiger partial charge is 0.338 e. The Morgan fingerprint density at radius 3 is 2.31 bits per heavy atom. The highest BCUT2D eigenvalue weighted by Crippen LogP contribution is 2.32. The van der Waals surface area contributed by atoms with E-state index in [0.717, 1.165) is 50.5 Å². The maximum Gasteiger partial charge on any atom is 0.338 e. The molecule has 1 fully saturated rings. The number of esters is 1. The lowest BCUT2D eigenvalue weighted by Crippen LogP contribution is -2.53. The van der Waals surface area contributed by atoms with Gasteiger partial charge in [-0.05, 0) is 26.3 Å². The number of nitrogens with one attached hydrogen (secondary N) is 1. The molecule has 1 aromatic heterocycles. The highest BCUT2D eigenvalue weighted by atomic mass is 16.5. The van der Waals surface area contributed by atoms with E-state index in [0.29, 0.717) is 18.7 Å². The third-order valence-corrected chi connectivity index (χ3v) is 6.64. The second kappa shape index (κ2) is 11.5. The van der Waals surface area contributed by atoms with Crippen molar-refractivity contribution >= 4 is 12.0 Å². The van der Waals surface area contributed by atoms with E-state index in [9.17, 15) is 9.59 Å². The molecule has 2 aliphatic rings. The van der Waals surface area contributed by atoms with E-state index >= 15 is 0 Å². The minimum Gasteiger partial charge on any atom is -0.463 e. The molecule has 1 atom stereocenters. The van der Waals surface area contributed by atoms with Crippen LogP contribution in [-0.2, 0) is 22.6 Å². The largest absolute Gasteiger partial charge is 0.463 e. The van der Waals surface area contributed by atoms with Gasteiger partial charge in [0.1, 0.15) is 0 Å². The molecule has 1 N–H and O–H groups in total. The molecule has 0 unspecified atom stereocenters. The number of hydrogen-bond donors (Lipinski definition) is 1. The summed E-state index contributed by atoms with van der Waals surface area (Å²) < 4.78 is 7.42. The third-order valence-electron chi connectivity index (χ3n) is 6.64. The van der Waals surface area contributed by atoms with Crippen LogP contribution in [0.5, 0.6) is 0 Å². The van der Waals surface area contributed by atoms with Crippen molar-refractivity contribution < 1.29 is 14.3 Å². The van der Waals surface area contributed by atoms with Gasteiger partial charge < -0.3 is 10.1 Å². The summed E-state index contributed by atoms with van der Waals surface area (Å²) in [5.41, 5.74) is 3.35. The highest BCUT2D eigenvalue weighted by Gasteiger charge is 2.38. The normalized spacial score (nSPS) is 19.7. The lowest BCUT2D eigenvalue weighted by Gasteiger charge is -2.40.